The fraction of sp³-hybridized carbons (Fsp3) is 0.733. The van der Waals surface area contributed by atoms with Gasteiger partial charge in [0.25, 0.3) is 0 Å². The molecule has 782 valence electrons. The Morgan fingerprint density at radius 3 is 0.822 bits per heavy atom. The molecule has 0 amide bonds. The first-order chi connectivity index (χ1) is 63.8. The summed E-state index contributed by atoms with van der Waals surface area (Å²) in [6.45, 7) is 18.4. The van der Waals surface area contributed by atoms with Crippen LogP contribution in [0.2, 0.25) is 0 Å². The van der Waals surface area contributed by atoms with Crippen LogP contribution in [0.1, 0.15) is 116 Å². The topological polar surface area (TPSA) is 455 Å². The number of nitro groups is 5. The maximum atomic E-state index is 14.0. The second kappa shape index (κ2) is 74.9. The molecule has 0 spiro atoms. The molecular weight excluding hydrogens is 2440 g/mol. The van der Waals surface area contributed by atoms with Gasteiger partial charge in [-0.3, -0.25) is 65.7 Å². The van der Waals surface area contributed by atoms with Crippen LogP contribution in [0.4, 0.5) is 29.2 Å². The van der Waals surface area contributed by atoms with E-state index in [-0.39, 0.29) is 117 Å². The highest BCUT2D eigenvalue weighted by atomic mass is 79.9. The third kappa shape index (κ3) is 46.0. The van der Waals surface area contributed by atoms with Crippen LogP contribution in [0.25, 0.3) is 0 Å². The van der Waals surface area contributed by atoms with Crippen molar-refractivity contribution in [2.75, 3.05) is 203 Å². The molecule has 0 saturated carbocycles. The molecule has 60 heteroatoms. The molecule has 3 N–H and O–H groups in total. The summed E-state index contributed by atoms with van der Waals surface area (Å²) >= 11 is 67.5. The molecule has 41 nitrogen and oxygen atoms in total. The molecule has 0 aliphatic rings. The van der Waals surface area contributed by atoms with Crippen LogP contribution in [-0.4, -0.2) is 290 Å². The van der Waals surface area contributed by atoms with Gasteiger partial charge in [-0.2, -0.15) is 0 Å². The Labute approximate surface area is 883 Å². The molecule has 0 radical (unpaired) electrons. The van der Waals surface area contributed by atoms with Gasteiger partial charge in [0.2, 0.25) is 0 Å². The molecule has 5 heterocycles. The zero-order chi connectivity index (χ0) is 101. The molecule has 6 unspecified atom stereocenters. The van der Waals surface area contributed by atoms with Crippen LogP contribution in [0.15, 0.2) is 69.5 Å². The number of alkyl halides is 14. The number of hydrogen-bond acceptors (Lipinski definition) is 23. The van der Waals surface area contributed by atoms with Crippen molar-refractivity contribution >= 4 is 256 Å². The fourth-order valence-corrected chi connectivity index (χ4v) is 31.2. The van der Waals surface area contributed by atoms with Gasteiger partial charge in [-0.15, -0.1) is 92.8 Å². The number of halogens is 14. The smallest absolute Gasteiger partial charge is 0.403 e. The molecule has 0 aliphatic heterocycles. The van der Waals surface area contributed by atoms with Crippen molar-refractivity contribution in [2.24, 2.45) is 26.9 Å². The molecule has 0 aliphatic carbocycles. The van der Waals surface area contributed by atoms with Gasteiger partial charge in [0.05, 0.1) is 33.3 Å². The van der Waals surface area contributed by atoms with Crippen molar-refractivity contribution in [2.45, 2.75) is 126 Å². The van der Waals surface area contributed by atoms with Gasteiger partial charge in [0.1, 0.15) is 71.5 Å². The SMILES string of the molecule is C.CC(N)CCCCNP(=O)(OCc1ccc([N+](=O)[O-])o1)N(CCCl)CCCl.CCCN(CCBr)P(=O)(OCc1ccc([N+](=O)[O-])n1C)N(CCBr)CCBr.CCCN(CCBr)P(=O)(OCc1ccc([N+](=O)[O-])o1)N(CCBr)CCBr.CCCN(CCCl)P(=O)(OCc1ccc([N+](=O)[O-])n1C)N(CCCl)CCCl.CCCN(CCCl)P(=O)(OCc1ccc([N+](=O)[O-])n1C)N(CCCl)CCCl. The first-order valence-electron chi connectivity index (χ1n) is 42.5. The van der Waals surface area contributed by atoms with Gasteiger partial charge in [0, 0.05) is 228 Å². The van der Waals surface area contributed by atoms with E-state index in [1.165, 1.54) is 56.2 Å². The lowest BCUT2D eigenvalue weighted by atomic mass is 10.1. The van der Waals surface area contributed by atoms with Crippen LogP contribution in [-0.2, 0) is 99.6 Å². The molecule has 5 rings (SSSR count). The summed E-state index contributed by atoms with van der Waals surface area (Å²) < 4.78 is 129. The molecule has 0 bridgehead atoms. The van der Waals surface area contributed by atoms with Crippen molar-refractivity contribution in [1.29, 1.82) is 0 Å². The molecule has 0 aromatic carbocycles. The van der Waals surface area contributed by atoms with Crippen LogP contribution in [0.3, 0.4) is 0 Å². The Morgan fingerprint density at radius 1 is 0.363 bits per heavy atom. The molecular formula is C75H132Br6Cl8N19O22P5. The van der Waals surface area contributed by atoms with E-state index < -0.39 is 68.9 Å². The van der Waals surface area contributed by atoms with E-state index in [2.05, 4.69) is 101 Å². The zero-order valence-electron chi connectivity index (χ0n) is 76.4. The van der Waals surface area contributed by atoms with E-state index in [0.717, 1.165) is 44.9 Å². The van der Waals surface area contributed by atoms with E-state index in [4.69, 9.17) is 130 Å². The summed E-state index contributed by atoms with van der Waals surface area (Å²) in [7, 11) is -12.3. The van der Waals surface area contributed by atoms with Crippen molar-refractivity contribution in [3.8, 4) is 0 Å². The van der Waals surface area contributed by atoms with Crippen LogP contribution in [0, 0.1) is 50.6 Å². The van der Waals surface area contributed by atoms with E-state index in [0.29, 0.717) is 185 Å². The van der Waals surface area contributed by atoms with E-state index in [9.17, 15) is 73.4 Å². The zero-order valence-corrected chi connectivity index (χ0v) is 96.4. The highest BCUT2D eigenvalue weighted by Gasteiger charge is 2.44. The predicted molar refractivity (Wildman–Crippen MR) is 565 cm³/mol. The Kier molecular flexibility index (Phi) is 74.4. The van der Waals surface area contributed by atoms with Gasteiger partial charge in [-0.1, -0.05) is 137 Å². The monoisotopic (exact) mass is 2560 g/mol. The minimum absolute atomic E-state index is 0. The summed E-state index contributed by atoms with van der Waals surface area (Å²) in [6.07, 6.45) is 5.72. The van der Waals surface area contributed by atoms with Gasteiger partial charge >= 0.3 is 67.6 Å². The fourth-order valence-electron chi connectivity index (χ4n) is 12.5. The molecule has 6 atom stereocenters. The van der Waals surface area contributed by atoms with Gasteiger partial charge in [-0.25, -0.2) is 60.8 Å². The number of hydrogen-bond donors (Lipinski definition) is 2. The summed E-state index contributed by atoms with van der Waals surface area (Å²) in [5.74, 6) is 1.72. The minimum Gasteiger partial charge on any atom is -0.403 e. The summed E-state index contributed by atoms with van der Waals surface area (Å²) in [6, 6.07) is 14.5. The predicted octanol–water partition coefficient (Wildman–Crippen LogP) is 22.7. The lowest BCUT2D eigenvalue weighted by molar-refractivity contribution is -0.402. The maximum Gasteiger partial charge on any atom is 0.433 e. The maximum absolute atomic E-state index is 14.0. The van der Waals surface area contributed by atoms with Crippen molar-refractivity contribution in [3.05, 3.63) is 140 Å². The van der Waals surface area contributed by atoms with Gasteiger partial charge in [0.15, 0.2) is 0 Å². The second-order valence-corrected chi connectivity index (χ2v) is 47.9. The van der Waals surface area contributed by atoms with E-state index in [1.807, 2.05) is 53.3 Å². The Hall–Kier alpha value is -0.890. The van der Waals surface area contributed by atoms with Crippen molar-refractivity contribution in [3.63, 3.8) is 0 Å². The summed E-state index contributed by atoms with van der Waals surface area (Å²) in [4.78, 5) is 51.9. The number of nitrogens with two attached hydrogens (primary N) is 1. The second-order valence-electron chi connectivity index (χ2n) is 28.5. The van der Waals surface area contributed by atoms with Gasteiger partial charge < -0.3 is 44.9 Å². The highest BCUT2D eigenvalue weighted by Crippen LogP contribution is 2.59. The summed E-state index contributed by atoms with van der Waals surface area (Å²) in [5.41, 5.74) is 7.42. The third-order valence-electron chi connectivity index (χ3n) is 19.1. The third-order valence-corrected chi connectivity index (χ3v) is 35.6. The average molecular weight is 2570 g/mol. The van der Waals surface area contributed by atoms with Crippen LogP contribution in [0.5, 0.6) is 0 Å². The number of nitrogens with zero attached hydrogens (tertiary/aromatic N) is 17. The van der Waals surface area contributed by atoms with E-state index >= 15 is 0 Å². The molecule has 0 saturated heterocycles. The van der Waals surface area contributed by atoms with Crippen LogP contribution >= 0.6 is 227 Å². The molecule has 0 fully saturated rings. The minimum atomic E-state index is -3.48. The van der Waals surface area contributed by atoms with Crippen molar-refractivity contribution in [1.82, 2.24) is 60.8 Å². The molecule has 135 heavy (non-hydrogen) atoms. The van der Waals surface area contributed by atoms with Gasteiger partial charge in [-0.05, 0) is 90.6 Å². The lowest BCUT2D eigenvalue weighted by Crippen LogP contribution is -2.37. The lowest BCUT2D eigenvalue weighted by Gasteiger charge is -2.37. The molecule has 5 aromatic rings. The number of unbranched alkanes of at least 4 members (excludes halogenated alkanes) is 1. The average Bonchev–Trinajstić information content (AvgIpc) is 1.46. The largest absolute Gasteiger partial charge is 0.433 e. The Morgan fingerprint density at radius 2 is 0.600 bits per heavy atom. The van der Waals surface area contributed by atoms with E-state index in [1.54, 1.807) is 62.7 Å². The Balaban J connectivity index is 0.00000166. The summed E-state index contributed by atoms with van der Waals surface area (Å²) in [5, 5.41) is 61.5. The number of nitrogens with one attached hydrogen (secondary N) is 1. The van der Waals surface area contributed by atoms with Crippen LogP contribution < -0.4 is 10.8 Å². The Bertz CT molecular complexity index is 4020. The number of rotatable bonds is 71. The first-order valence-corrected chi connectivity index (χ1v) is 61.2. The molecule has 5 aromatic heterocycles. The number of furan rings is 2. The standard InChI is InChI=1S/C15H26Br3N4O4P.2C15H26Cl3N4O4P.C15H27Cl2N4O5P.C14H23Br3N3O5P.CH4/c3*1-3-9-20(10-6-16)27(25,21(11-7-17)12-8-18)26-13-14-4-5-15(19(14)2)22(23)24;1-13(18)4-2-3-9-19-27(24,20(10-7-16)11-8-17)25-12-14-5-6-15(26-14)21(22)23;1-2-8-18(9-5-15)26(23,19(10-6-16)11-7-17)24-12-13-3-4-14(25-13)20(21)22;/h3*4-5H,3,6-13H2,1-2H3;5-6,13H,2-4,7-12,18H2,1H3,(H,19,24);3-4H,2,5-12H2,1H3;1H4. The highest BCUT2D eigenvalue weighted by molar-refractivity contribution is 9.10. The first kappa shape index (κ1) is 134. The normalized spacial score (nSPS) is 14.1. The van der Waals surface area contributed by atoms with Crippen molar-refractivity contribution < 1.29 is 78.9 Å². The quantitative estimate of drug-likeness (QED) is 0.0120. The number of aromatic nitrogens is 3.